The molecule has 19 heavy (non-hydrogen) atoms. The van der Waals surface area contributed by atoms with Crippen molar-refractivity contribution in [3.63, 3.8) is 0 Å². The Morgan fingerprint density at radius 3 is 3.05 bits per heavy atom. The third-order valence-electron chi connectivity index (χ3n) is 3.24. The van der Waals surface area contributed by atoms with Crippen molar-refractivity contribution in [1.82, 2.24) is 14.5 Å². The number of carboxylic acids is 1. The van der Waals surface area contributed by atoms with Crippen molar-refractivity contribution in [2.24, 2.45) is 0 Å². The van der Waals surface area contributed by atoms with Gasteiger partial charge < -0.3 is 9.67 Å². The van der Waals surface area contributed by atoms with Gasteiger partial charge in [0.05, 0.1) is 17.7 Å². The molecule has 0 bridgehead atoms. The number of hydrogen-bond acceptors (Lipinski definition) is 3. The lowest BCUT2D eigenvalue weighted by atomic mass is 9.91. The average Bonchev–Trinajstić information content (AvgIpc) is 2.82. The molecule has 1 aliphatic rings. The van der Waals surface area contributed by atoms with Crippen LogP contribution < -0.4 is 0 Å². The number of fused-ring (bicyclic) bond motifs is 1. The normalized spacial score (nSPS) is 17.2. The number of nitrogens with zero attached hydrogens (tertiary/aromatic N) is 3. The summed E-state index contributed by atoms with van der Waals surface area (Å²) in [6.45, 7) is -0.0699. The topological polar surface area (TPSA) is 68.0 Å². The highest BCUT2D eigenvalue weighted by Crippen LogP contribution is 2.33. The Morgan fingerprint density at radius 2 is 2.32 bits per heavy atom. The van der Waals surface area contributed by atoms with Crippen molar-refractivity contribution in [3.05, 3.63) is 53.9 Å². The molecule has 0 aliphatic heterocycles. The van der Waals surface area contributed by atoms with E-state index in [1.165, 1.54) is 0 Å². The molecule has 0 amide bonds. The summed E-state index contributed by atoms with van der Waals surface area (Å²) in [5, 5.41) is 8.96. The van der Waals surface area contributed by atoms with Gasteiger partial charge in [0.2, 0.25) is 0 Å². The van der Waals surface area contributed by atoms with Gasteiger partial charge in [0, 0.05) is 17.8 Å². The smallest absolute Gasteiger partial charge is 0.323 e. The number of aromatic nitrogens is 3. The second-order valence-corrected chi connectivity index (χ2v) is 4.48. The van der Waals surface area contributed by atoms with E-state index in [0.29, 0.717) is 0 Å². The maximum Gasteiger partial charge on any atom is 0.323 e. The van der Waals surface area contributed by atoms with E-state index < -0.39 is 5.97 Å². The zero-order valence-corrected chi connectivity index (χ0v) is 10.2. The fourth-order valence-electron chi connectivity index (χ4n) is 2.46. The fourth-order valence-corrected chi connectivity index (χ4v) is 2.46. The maximum absolute atomic E-state index is 10.9. The highest BCUT2D eigenvalue weighted by atomic mass is 16.4. The molecule has 1 aliphatic carbocycles. The van der Waals surface area contributed by atoms with Crippen molar-refractivity contribution in [2.45, 2.75) is 18.9 Å². The van der Waals surface area contributed by atoms with Gasteiger partial charge in [-0.25, -0.2) is 4.98 Å². The fraction of sp³-hybridized carbons (Fsp3) is 0.214. The second-order valence-electron chi connectivity index (χ2n) is 4.48. The molecule has 5 heteroatoms. The van der Waals surface area contributed by atoms with Crippen LogP contribution in [-0.2, 0) is 11.3 Å². The largest absolute Gasteiger partial charge is 0.480 e. The van der Waals surface area contributed by atoms with Crippen LogP contribution in [0.4, 0.5) is 0 Å². The van der Waals surface area contributed by atoms with Gasteiger partial charge in [0.25, 0.3) is 0 Å². The lowest BCUT2D eigenvalue weighted by Crippen LogP contribution is -2.16. The first-order valence-corrected chi connectivity index (χ1v) is 6.10. The van der Waals surface area contributed by atoms with Gasteiger partial charge in [-0.15, -0.1) is 0 Å². The van der Waals surface area contributed by atoms with Crippen LogP contribution in [-0.4, -0.2) is 25.6 Å². The Kier molecular flexibility index (Phi) is 2.87. The summed E-state index contributed by atoms with van der Waals surface area (Å²) < 4.78 is 1.69. The van der Waals surface area contributed by atoms with Gasteiger partial charge >= 0.3 is 5.97 Å². The predicted octanol–water partition coefficient (Wildman–Crippen LogP) is 1.91. The molecule has 0 spiro atoms. The highest BCUT2D eigenvalue weighted by molar-refractivity contribution is 5.67. The van der Waals surface area contributed by atoms with Crippen molar-refractivity contribution in [3.8, 4) is 0 Å². The minimum atomic E-state index is -0.866. The molecule has 0 fully saturated rings. The van der Waals surface area contributed by atoms with E-state index >= 15 is 0 Å². The standard InChI is InChI=1S/C14H13N3O2/c18-13(19)8-17-9-16-12-6-3-4-10(14(12)17)11-5-1-2-7-15-11/h1-3,5-7,9-10H,4,8H2,(H,18,19). The minimum Gasteiger partial charge on any atom is -0.480 e. The SMILES string of the molecule is O=C(O)Cn1cnc2c1C(c1ccccn1)CC=C2. The third-order valence-corrected chi connectivity index (χ3v) is 3.24. The molecule has 5 nitrogen and oxygen atoms in total. The predicted molar refractivity (Wildman–Crippen MR) is 69.6 cm³/mol. The van der Waals surface area contributed by atoms with Crippen LogP contribution >= 0.6 is 0 Å². The monoisotopic (exact) mass is 255 g/mol. The Hall–Kier alpha value is -2.43. The number of imidazole rings is 1. The van der Waals surface area contributed by atoms with E-state index in [1.54, 1.807) is 17.1 Å². The number of allylic oxidation sites excluding steroid dienone is 1. The molecule has 3 rings (SSSR count). The Morgan fingerprint density at radius 1 is 1.42 bits per heavy atom. The van der Waals surface area contributed by atoms with Crippen LogP contribution in [0.2, 0.25) is 0 Å². The molecule has 0 saturated heterocycles. The molecule has 0 saturated carbocycles. The van der Waals surface area contributed by atoms with Crippen LogP contribution in [0.5, 0.6) is 0 Å². The quantitative estimate of drug-likeness (QED) is 0.909. The van der Waals surface area contributed by atoms with Gasteiger partial charge in [-0.2, -0.15) is 0 Å². The molecule has 0 aromatic carbocycles. The molecular weight excluding hydrogens is 242 g/mol. The first-order chi connectivity index (χ1) is 9.25. The Balaban J connectivity index is 2.05. The average molecular weight is 255 g/mol. The summed E-state index contributed by atoms with van der Waals surface area (Å²) >= 11 is 0. The number of rotatable bonds is 3. The molecule has 96 valence electrons. The summed E-state index contributed by atoms with van der Waals surface area (Å²) in [5.74, 6) is -0.794. The van der Waals surface area contributed by atoms with Gasteiger partial charge in [0.1, 0.15) is 6.54 Å². The summed E-state index contributed by atoms with van der Waals surface area (Å²) in [4.78, 5) is 19.6. The molecule has 0 radical (unpaired) electrons. The van der Waals surface area contributed by atoms with E-state index in [4.69, 9.17) is 5.11 Å². The zero-order chi connectivity index (χ0) is 13.2. The number of aliphatic carboxylic acids is 1. The molecule has 2 aromatic rings. The molecule has 1 N–H and O–H groups in total. The van der Waals surface area contributed by atoms with Crippen LogP contribution in [0, 0.1) is 0 Å². The number of hydrogen-bond donors (Lipinski definition) is 1. The Labute approximate surface area is 110 Å². The third kappa shape index (κ3) is 2.14. The lowest BCUT2D eigenvalue weighted by Gasteiger charge is -2.20. The van der Waals surface area contributed by atoms with Crippen molar-refractivity contribution < 1.29 is 9.90 Å². The number of carbonyl (C=O) groups is 1. The molecule has 2 aromatic heterocycles. The van der Waals surface area contributed by atoms with E-state index in [-0.39, 0.29) is 12.5 Å². The first kappa shape index (κ1) is 11.6. The maximum atomic E-state index is 10.9. The minimum absolute atomic E-state index is 0.0699. The van der Waals surface area contributed by atoms with E-state index in [2.05, 4.69) is 16.0 Å². The van der Waals surface area contributed by atoms with Crippen LogP contribution in [0.25, 0.3) is 6.08 Å². The first-order valence-electron chi connectivity index (χ1n) is 6.10. The number of pyridine rings is 1. The van der Waals surface area contributed by atoms with E-state index in [9.17, 15) is 4.79 Å². The molecule has 1 unspecified atom stereocenters. The van der Waals surface area contributed by atoms with E-state index in [0.717, 1.165) is 23.5 Å². The summed E-state index contributed by atoms with van der Waals surface area (Å²) in [6, 6.07) is 5.78. The van der Waals surface area contributed by atoms with E-state index in [1.807, 2.05) is 24.3 Å². The van der Waals surface area contributed by atoms with Crippen LogP contribution in [0.1, 0.15) is 29.4 Å². The van der Waals surface area contributed by atoms with Crippen LogP contribution in [0.3, 0.4) is 0 Å². The van der Waals surface area contributed by atoms with Gasteiger partial charge in [0.15, 0.2) is 0 Å². The summed E-state index contributed by atoms with van der Waals surface area (Å²) in [6.07, 6.45) is 8.15. The molecule has 2 heterocycles. The van der Waals surface area contributed by atoms with Gasteiger partial charge in [-0.1, -0.05) is 12.1 Å². The van der Waals surface area contributed by atoms with Crippen molar-refractivity contribution in [1.29, 1.82) is 0 Å². The summed E-state index contributed by atoms with van der Waals surface area (Å²) in [7, 11) is 0. The Bertz CT molecular complexity index is 631. The zero-order valence-electron chi connectivity index (χ0n) is 10.2. The van der Waals surface area contributed by atoms with Crippen LogP contribution in [0.15, 0.2) is 36.8 Å². The van der Waals surface area contributed by atoms with Gasteiger partial charge in [-0.3, -0.25) is 9.78 Å². The summed E-state index contributed by atoms with van der Waals surface area (Å²) in [5.41, 5.74) is 2.71. The van der Waals surface area contributed by atoms with Crippen molar-refractivity contribution >= 4 is 12.0 Å². The van der Waals surface area contributed by atoms with Crippen molar-refractivity contribution in [2.75, 3.05) is 0 Å². The molecular formula is C14H13N3O2. The lowest BCUT2D eigenvalue weighted by molar-refractivity contribution is -0.137. The molecule has 1 atom stereocenters. The number of carboxylic acid groups (broad SMARTS) is 1. The highest BCUT2D eigenvalue weighted by Gasteiger charge is 2.25. The second kappa shape index (κ2) is 4.68. The van der Waals surface area contributed by atoms with Gasteiger partial charge in [-0.05, 0) is 24.6 Å².